The second kappa shape index (κ2) is 4.17. The lowest BCUT2D eigenvalue weighted by Crippen LogP contribution is -2.62. The molecular formula is C12H23NOS. The van der Waals surface area contributed by atoms with Crippen LogP contribution in [0.2, 0.25) is 0 Å². The summed E-state index contributed by atoms with van der Waals surface area (Å²) in [5.74, 6) is 0.869. The molecule has 1 aliphatic carbocycles. The molecule has 1 aliphatic heterocycles. The maximum atomic E-state index is 12.2. The zero-order valence-corrected chi connectivity index (χ0v) is 10.9. The second-order valence-corrected chi connectivity index (χ2v) is 7.42. The molecule has 1 heterocycles. The summed E-state index contributed by atoms with van der Waals surface area (Å²) < 4.78 is 12.2. The van der Waals surface area contributed by atoms with E-state index in [1.165, 1.54) is 12.8 Å². The van der Waals surface area contributed by atoms with Gasteiger partial charge in [-0.15, -0.1) is 0 Å². The van der Waals surface area contributed by atoms with Gasteiger partial charge in [0.2, 0.25) is 0 Å². The van der Waals surface area contributed by atoms with Crippen LogP contribution in [0.3, 0.4) is 0 Å². The monoisotopic (exact) mass is 229 g/mol. The van der Waals surface area contributed by atoms with Crippen LogP contribution in [0.5, 0.6) is 0 Å². The van der Waals surface area contributed by atoms with Crippen molar-refractivity contribution >= 4 is 10.8 Å². The normalized spacial score (nSPS) is 44.7. The zero-order chi connectivity index (χ0) is 11.1. The van der Waals surface area contributed by atoms with E-state index in [1.54, 1.807) is 0 Å². The summed E-state index contributed by atoms with van der Waals surface area (Å²) in [4.78, 5) is 0. The first-order valence-corrected chi connectivity index (χ1v) is 7.56. The molecule has 0 radical (unpaired) electrons. The van der Waals surface area contributed by atoms with Crippen LogP contribution in [-0.4, -0.2) is 27.3 Å². The Bertz CT molecular complexity index is 264. The summed E-state index contributed by atoms with van der Waals surface area (Å²) >= 11 is 0. The Morgan fingerprint density at radius 3 is 2.87 bits per heavy atom. The highest BCUT2D eigenvalue weighted by Crippen LogP contribution is 2.39. The van der Waals surface area contributed by atoms with Crippen LogP contribution in [-0.2, 0) is 10.8 Å². The third-order valence-electron chi connectivity index (χ3n) is 4.13. The van der Waals surface area contributed by atoms with Crippen molar-refractivity contribution in [3.8, 4) is 0 Å². The fourth-order valence-corrected chi connectivity index (χ4v) is 5.22. The van der Waals surface area contributed by atoms with E-state index in [0.29, 0.717) is 22.7 Å². The Labute approximate surface area is 95.7 Å². The van der Waals surface area contributed by atoms with Crippen molar-refractivity contribution < 1.29 is 4.21 Å². The first-order chi connectivity index (χ1) is 7.04. The highest BCUT2D eigenvalue weighted by Gasteiger charge is 2.45. The van der Waals surface area contributed by atoms with Gasteiger partial charge in [0, 0.05) is 28.6 Å². The number of nitrogens with one attached hydrogen (secondary N) is 1. The highest BCUT2D eigenvalue weighted by molar-refractivity contribution is 7.85. The molecule has 3 heteroatoms. The minimum atomic E-state index is -0.596. The Hall–Kier alpha value is 0.110. The molecule has 0 aromatic heterocycles. The SMILES string of the molecule is CCC1CS(=O)C2CCCC(C)(C)C2N1. The van der Waals surface area contributed by atoms with E-state index in [-0.39, 0.29) is 0 Å². The zero-order valence-electron chi connectivity index (χ0n) is 10.1. The molecule has 0 amide bonds. The molecule has 88 valence electrons. The molecule has 0 spiro atoms. The van der Waals surface area contributed by atoms with Crippen molar-refractivity contribution in [3.63, 3.8) is 0 Å². The van der Waals surface area contributed by atoms with Crippen LogP contribution < -0.4 is 5.32 Å². The number of hydrogen-bond donors (Lipinski definition) is 1. The van der Waals surface area contributed by atoms with Crippen LogP contribution in [0.25, 0.3) is 0 Å². The van der Waals surface area contributed by atoms with Gasteiger partial charge in [-0.2, -0.15) is 0 Å². The summed E-state index contributed by atoms with van der Waals surface area (Å²) in [6.45, 7) is 6.84. The molecule has 0 bridgehead atoms. The quantitative estimate of drug-likeness (QED) is 0.746. The topological polar surface area (TPSA) is 29.1 Å². The molecule has 4 unspecified atom stereocenters. The fourth-order valence-electron chi connectivity index (χ4n) is 3.06. The van der Waals surface area contributed by atoms with Crippen molar-refractivity contribution in [2.24, 2.45) is 5.41 Å². The lowest BCUT2D eigenvalue weighted by Gasteiger charge is -2.48. The summed E-state index contributed by atoms with van der Waals surface area (Å²) in [6.07, 6.45) is 4.78. The average molecular weight is 229 g/mol. The molecule has 2 nitrogen and oxygen atoms in total. The molecule has 4 atom stereocenters. The second-order valence-electron chi connectivity index (χ2n) is 5.72. The Balaban J connectivity index is 2.18. The van der Waals surface area contributed by atoms with Crippen LogP contribution in [0.1, 0.15) is 46.5 Å². The molecule has 1 saturated heterocycles. The van der Waals surface area contributed by atoms with E-state index in [0.717, 1.165) is 18.6 Å². The molecule has 1 saturated carbocycles. The molecule has 15 heavy (non-hydrogen) atoms. The lowest BCUT2D eigenvalue weighted by atomic mass is 9.72. The van der Waals surface area contributed by atoms with Gasteiger partial charge in [0.15, 0.2) is 0 Å². The minimum absolute atomic E-state index is 0.326. The van der Waals surface area contributed by atoms with Crippen LogP contribution in [0, 0.1) is 5.41 Å². The molecule has 2 aliphatic rings. The molecule has 0 aromatic carbocycles. The predicted molar refractivity (Wildman–Crippen MR) is 65.4 cm³/mol. The van der Waals surface area contributed by atoms with Gasteiger partial charge in [-0.05, 0) is 24.7 Å². The Morgan fingerprint density at radius 2 is 2.20 bits per heavy atom. The van der Waals surface area contributed by atoms with Gasteiger partial charge in [-0.1, -0.05) is 27.2 Å². The van der Waals surface area contributed by atoms with Crippen molar-refractivity contribution in [3.05, 3.63) is 0 Å². The van der Waals surface area contributed by atoms with Gasteiger partial charge in [-0.25, -0.2) is 0 Å². The van der Waals surface area contributed by atoms with Gasteiger partial charge in [0.1, 0.15) is 0 Å². The fraction of sp³-hybridized carbons (Fsp3) is 1.00. The number of rotatable bonds is 1. The minimum Gasteiger partial charge on any atom is -0.309 e. The van der Waals surface area contributed by atoms with Gasteiger partial charge in [0.25, 0.3) is 0 Å². The van der Waals surface area contributed by atoms with E-state index >= 15 is 0 Å². The average Bonchev–Trinajstić information content (AvgIpc) is 2.18. The molecule has 2 fully saturated rings. The van der Waals surface area contributed by atoms with Crippen molar-refractivity contribution in [2.75, 3.05) is 5.75 Å². The number of fused-ring (bicyclic) bond motifs is 1. The molecule has 2 rings (SSSR count). The van der Waals surface area contributed by atoms with E-state index in [2.05, 4.69) is 26.1 Å². The van der Waals surface area contributed by atoms with Crippen molar-refractivity contribution in [1.82, 2.24) is 5.32 Å². The van der Waals surface area contributed by atoms with E-state index in [4.69, 9.17) is 0 Å². The van der Waals surface area contributed by atoms with Crippen LogP contribution in [0.4, 0.5) is 0 Å². The van der Waals surface area contributed by atoms with Gasteiger partial charge in [0.05, 0.1) is 5.25 Å². The smallest absolute Gasteiger partial charge is 0.0507 e. The Kier molecular flexibility index (Phi) is 3.22. The van der Waals surface area contributed by atoms with E-state index in [1.807, 2.05) is 0 Å². The van der Waals surface area contributed by atoms with Crippen LogP contribution in [0.15, 0.2) is 0 Å². The third kappa shape index (κ3) is 2.14. The predicted octanol–water partition coefficient (Wildman–Crippen LogP) is 2.06. The maximum absolute atomic E-state index is 12.2. The van der Waals surface area contributed by atoms with Gasteiger partial charge >= 0.3 is 0 Å². The lowest BCUT2D eigenvalue weighted by molar-refractivity contribution is 0.155. The molecule has 1 N–H and O–H groups in total. The van der Waals surface area contributed by atoms with Crippen molar-refractivity contribution in [1.29, 1.82) is 0 Å². The van der Waals surface area contributed by atoms with Crippen LogP contribution >= 0.6 is 0 Å². The maximum Gasteiger partial charge on any atom is 0.0507 e. The summed E-state index contributed by atoms with van der Waals surface area (Å²) in [5, 5.41) is 4.15. The third-order valence-corrected chi connectivity index (χ3v) is 6.05. The van der Waals surface area contributed by atoms with Gasteiger partial charge in [-0.3, -0.25) is 4.21 Å². The van der Waals surface area contributed by atoms with Crippen molar-refractivity contribution in [2.45, 2.75) is 63.8 Å². The molecular weight excluding hydrogens is 206 g/mol. The molecule has 0 aromatic rings. The van der Waals surface area contributed by atoms with Gasteiger partial charge < -0.3 is 5.32 Å². The first-order valence-electron chi connectivity index (χ1n) is 6.18. The highest BCUT2D eigenvalue weighted by atomic mass is 32.2. The van der Waals surface area contributed by atoms with E-state index < -0.39 is 10.8 Å². The summed E-state index contributed by atoms with van der Waals surface area (Å²) in [6, 6.07) is 0.954. The largest absolute Gasteiger partial charge is 0.309 e. The van der Waals surface area contributed by atoms with E-state index in [9.17, 15) is 4.21 Å². The summed E-state index contributed by atoms with van der Waals surface area (Å²) in [5.41, 5.74) is 0.326. The Morgan fingerprint density at radius 1 is 1.47 bits per heavy atom. The standard InChI is InChI=1S/C12H23NOS/c1-4-9-8-15(14)10-6-5-7-12(2,3)11(10)13-9/h9-11,13H,4-8H2,1-3H3. The summed E-state index contributed by atoms with van der Waals surface area (Å²) in [7, 11) is -0.596. The number of hydrogen-bond acceptors (Lipinski definition) is 2. The first kappa shape index (κ1) is 11.6.